The number of halogens is 3. The van der Waals surface area contributed by atoms with Crippen LogP contribution in [0.3, 0.4) is 0 Å². The van der Waals surface area contributed by atoms with Crippen LogP contribution in [0.5, 0.6) is 0 Å². The molecule has 2 amide bonds. The van der Waals surface area contributed by atoms with Crippen LogP contribution in [0.4, 0.5) is 5.69 Å². The molecule has 8 heteroatoms. The number of rotatable bonds is 5. The minimum absolute atomic E-state index is 0.274. The van der Waals surface area contributed by atoms with E-state index in [4.69, 9.17) is 34.8 Å². The Kier molecular flexibility index (Phi) is 7.11. The van der Waals surface area contributed by atoms with Crippen molar-refractivity contribution in [1.82, 2.24) is 5.43 Å². The van der Waals surface area contributed by atoms with Crippen LogP contribution in [0, 0.1) is 0 Å². The third-order valence-corrected chi connectivity index (χ3v) is 4.97. The molecule has 0 saturated heterocycles. The van der Waals surface area contributed by atoms with Gasteiger partial charge >= 0.3 is 0 Å². The molecule has 3 aromatic carbocycles. The molecule has 152 valence electrons. The summed E-state index contributed by atoms with van der Waals surface area (Å²) in [5.74, 6) is -0.681. The van der Waals surface area contributed by atoms with Crippen molar-refractivity contribution >= 4 is 58.0 Å². The van der Waals surface area contributed by atoms with Gasteiger partial charge in [0.25, 0.3) is 11.8 Å². The van der Waals surface area contributed by atoms with E-state index in [-0.39, 0.29) is 16.8 Å². The average Bonchev–Trinajstić information content (AvgIpc) is 2.72. The normalized spacial score (nSPS) is 11.1. The van der Waals surface area contributed by atoms with Crippen LogP contribution in [0.25, 0.3) is 0 Å². The Morgan fingerprint density at radius 2 is 1.37 bits per heavy atom. The van der Waals surface area contributed by atoms with Gasteiger partial charge in [-0.1, -0.05) is 46.9 Å². The number of carbonyl (C=O) groups is 2. The zero-order chi connectivity index (χ0) is 21.7. The van der Waals surface area contributed by atoms with Crippen LogP contribution >= 0.6 is 34.8 Å². The molecule has 3 aromatic rings. The standard InChI is InChI=1S/C22H16Cl3N3O2/c1-13(27-28-21(29)15-2-6-16(23)7-3-15)14-4-9-18(10-5-14)26-22(30)19-11-8-17(24)12-20(19)25/h2-12H,1H3,(H,26,30)(H,28,29)/b27-13-. The van der Waals surface area contributed by atoms with Crippen LogP contribution in [-0.2, 0) is 0 Å². The highest BCUT2D eigenvalue weighted by Gasteiger charge is 2.11. The van der Waals surface area contributed by atoms with E-state index >= 15 is 0 Å². The van der Waals surface area contributed by atoms with E-state index in [0.29, 0.717) is 32.6 Å². The van der Waals surface area contributed by atoms with Crippen LogP contribution in [0.1, 0.15) is 33.2 Å². The molecule has 0 saturated carbocycles. The lowest BCUT2D eigenvalue weighted by molar-refractivity contribution is 0.0954. The maximum absolute atomic E-state index is 12.4. The first kappa shape index (κ1) is 21.8. The first-order chi connectivity index (χ1) is 14.3. The summed E-state index contributed by atoms with van der Waals surface area (Å²) in [4.78, 5) is 24.5. The number of nitrogens with one attached hydrogen (secondary N) is 2. The van der Waals surface area contributed by atoms with Crippen molar-refractivity contribution in [3.8, 4) is 0 Å². The lowest BCUT2D eigenvalue weighted by Gasteiger charge is -2.08. The summed E-state index contributed by atoms with van der Waals surface area (Å²) in [5.41, 5.74) is 5.27. The fourth-order valence-corrected chi connectivity index (χ4v) is 3.15. The molecular formula is C22H16Cl3N3O2. The number of benzene rings is 3. The lowest BCUT2D eigenvalue weighted by Crippen LogP contribution is -2.19. The summed E-state index contributed by atoms with van der Waals surface area (Å²) in [6.07, 6.45) is 0. The number of hydrogen-bond acceptors (Lipinski definition) is 3. The third kappa shape index (κ3) is 5.60. The Bertz CT molecular complexity index is 1110. The van der Waals surface area contributed by atoms with Crippen LogP contribution in [-0.4, -0.2) is 17.5 Å². The fourth-order valence-electron chi connectivity index (χ4n) is 2.53. The molecule has 30 heavy (non-hydrogen) atoms. The van der Waals surface area contributed by atoms with Crippen molar-refractivity contribution in [2.24, 2.45) is 5.10 Å². The van der Waals surface area contributed by atoms with E-state index < -0.39 is 0 Å². The van der Waals surface area contributed by atoms with Crippen molar-refractivity contribution in [3.63, 3.8) is 0 Å². The monoisotopic (exact) mass is 459 g/mol. The predicted molar refractivity (Wildman–Crippen MR) is 122 cm³/mol. The van der Waals surface area contributed by atoms with Crippen LogP contribution < -0.4 is 10.7 Å². The minimum Gasteiger partial charge on any atom is -0.322 e. The second-order valence-electron chi connectivity index (χ2n) is 6.30. The number of hydrazone groups is 1. The Balaban J connectivity index is 1.64. The first-order valence-corrected chi connectivity index (χ1v) is 9.94. The van der Waals surface area contributed by atoms with Gasteiger partial charge in [-0.2, -0.15) is 5.10 Å². The minimum atomic E-state index is -0.343. The quantitative estimate of drug-likeness (QED) is 0.359. The van der Waals surface area contributed by atoms with Gasteiger partial charge in [0.2, 0.25) is 0 Å². The molecule has 0 unspecified atom stereocenters. The molecule has 0 bridgehead atoms. The fraction of sp³-hybridized carbons (Fsp3) is 0.0455. The van der Waals surface area contributed by atoms with Gasteiger partial charge in [-0.15, -0.1) is 0 Å². The van der Waals surface area contributed by atoms with Crippen LogP contribution in [0.2, 0.25) is 15.1 Å². The highest BCUT2D eigenvalue weighted by Crippen LogP contribution is 2.22. The summed E-state index contributed by atoms with van der Waals surface area (Å²) < 4.78 is 0. The summed E-state index contributed by atoms with van der Waals surface area (Å²) in [6, 6.07) is 18.2. The van der Waals surface area contributed by atoms with Gasteiger partial charge in [0, 0.05) is 21.3 Å². The summed E-state index contributed by atoms with van der Waals surface area (Å²) in [5, 5.41) is 8.18. The molecule has 0 heterocycles. The van der Waals surface area contributed by atoms with Crippen molar-refractivity contribution in [3.05, 3.63) is 98.5 Å². The number of carbonyl (C=O) groups excluding carboxylic acids is 2. The molecule has 3 rings (SSSR count). The molecule has 0 aliphatic rings. The van der Waals surface area contributed by atoms with E-state index in [2.05, 4.69) is 15.8 Å². The molecule has 0 radical (unpaired) electrons. The van der Waals surface area contributed by atoms with E-state index in [9.17, 15) is 9.59 Å². The topological polar surface area (TPSA) is 70.6 Å². The summed E-state index contributed by atoms with van der Waals surface area (Å²) in [6.45, 7) is 1.77. The van der Waals surface area contributed by atoms with Crippen molar-refractivity contribution in [2.75, 3.05) is 5.32 Å². The van der Waals surface area contributed by atoms with Gasteiger partial charge in [0.1, 0.15) is 0 Å². The Morgan fingerprint density at radius 3 is 2.00 bits per heavy atom. The summed E-state index contributed by atoms with van der Waals surface area (Å²) >= 11 is 17.7. The highest BCUT2D eigenvalue weighted by atomic mass is 35.5. The van der Waals surface area contributed by atoms with Gasteiger partial charge < -0.3 is 5.32 Å². The maximum Gasteiger partial charge on any atom is 0.271 e. The number of nitrogens with zero attached hydrogens (tertiary/aromatic N) is 1. The second kappa shape index (κ2) is 9.76. The number of amides is 2. The Hall–Kier alpha value is -2.86. The smallest absolute Gasteiger partial charge is 0.271 e. The van der Waals surface area contributed by atoms with Gasteiger partial charge in [-0.05, 0) is 67.1 Å². The van der Waals surface area contributed by atoms with Gasteiger partial charge in [0.15, 0.2) is 0 Å². The van der Waals surface area contributed by atoms with Gasteiger partial charge in [0.05, 0.1) is 16.3 Å². The van der Waals surface area contributed by atoms with E-state index in [1.165, 1.54) is 6.07 Å². The van der Waals surface area contributed by atoms with Crippen molar-refractivity contribution in [1.29, 1.82) is 0 Å². The second-order valence-corrected chi connectivity index (χ2v) is 7.58. The lowest BCUT2D eigenvalue weighted by atomic mass is 10.1. The zero-order valence-corrected chi connectivity index (χ0v) is 18.0. The third-order valence-electron chi connectivity index (χ3n) is 4.17. The van der Waals surface area contributed by atoms with E-state index in [0.717, 1.165) is 5.56 Å². The van der Waals surface area contributed by atoms with Gasteiger partial charge in [-0.3, -0.25) is 9.59 Å². The molecule has 2 N–H and O–H groups in total. The number of hydrogen-bond donors (Lipinski definition) is 2. The largest absolute Gasteiger partial charge is 0.322 e. The average molecular weight is 461 g/mol. The zero-order valence-electron chi connectivity index (χ0n) is 15.7. The van der Waals surface area contributed by atoms with Crippen molar-refractivity contribution < 1.29 is 9.59 Å². The maximum atomic E-state index is 12.4. The van der Waals surface area contributed by atoms with E-state index in [1.54, 1.807) is 67.6 Å². The molecule has 0 aliphatic carbocycles. The van der Waals surface area contributed by atoms with E-state index in [1.807, 2.05) is 0 Å². The Labute approximate surface area is 188 Å². The van der Waals surface area contributed by atoms with Gasteiger partial charge in [-0.25, -0.2) is 5.43 Å². The molecular weight excluding hydrogens is 445 g/mol. The molecule has 0 aromatic heterocycles. The molecule has 0 aliphatic heterocycles. The Morgan fingerprint density at radius 1 is 0.767 bits per heavy atom. The first-order valence-electron chi connectivity index (χ1n) is 8.80. The molecule has 0 fully saturated rings. The molecule has 5 nitrogen and oxygen atoms in total. The predicted octanol–water partition coefficient (Wildman–Crippen LogP) is 6.05. The SMILES string of the molecule is C/C(=N/NC(=O)c1ccc(Cl)cc1)c1ccc(NC(=O)c2ccc(Cl)cc2Cl)cc1. The van der Waals surface area contributed by atoms with Crippen LogP contribution in [0.15, 0.2) is 71.8 Å². The summed E-state index contributed by atoms with van der Waals surface area (Å²) in [7, 11) is 0. The molecule has 0 atom stereocenters. The highest BCUT2D eigenvalue weighted by molar-refractivity contribution is 6.37. The van der Waals surface area contributed by atoms with Crippen molar-refractivity contribution in [2.45, 2.75) is 6.92 Å². The molecule has 0 spiro atoms. The number of anilines is 1.